The Bertz CT molecular complexity index is 418. The summed E-state index contributed by atoms with van der Waals surface area (Å²) in [5.41, 5.74) is 2.28. The molecule has 0 fully saturated rings. The number of carbonyl (C=O) groups is 1. The SMILES string of the molecule is CCc1cc(C#N)cc(C(C)=O)c1I. The molecule has 0 aliphatic carbocycles. The second-order valence-electron chi connectivity index (χ2n) is 3.02. The van der Waals surface area contributed by atoms with E-state index in [-0.39, 0.29) is 5.78 Å². The van der Waals surface area contributed by atoms with Crippen molar-refractivity contribution in [1.29, 1.82) is 5.26 Å². The predicted molar refractivity (Wildman–Crippen MR) is 63.3 cm³/mol. The monoisotopic (exact) mass is 299 g/mol. The van der Waals surface area contributed by atoms with Crippen LogP contribution in [0.1, 0.15) is 35.3 Å². The summed E-state index contributed by atoms with van der Waals surface area (Å²) in [5.74, 6) is 0.0150. The molecule has 2 nitrogen and oxygen atoms in total. The maximum absolute atomic E-state index is 11.3. The molecule has 0 aliphatic rings. The first-order valence-corrected chi connectivity index (χ1v) is 5.41. The molecule has 0 atom stereocenters. The number of nitriles is 1. The topological polar surface area (TPSA) is 40.9 Å². The van der Waals surface area contributed by atoms with E-state index in [9.17, 15) is 4.79 Å². The zero-order valence-corrected chi connectivity index (χ0v) is 10.3. The van der Waals surface area contributed by atoms with Gasteiger partial charge < -0.3 is 0 Å². The van der Waals surface area contributed by atoms with Gasteiger partial charge in [-0.15, -0.1) is 0 Å². The number of Topliss-reactive ketones (excluding diaryl/α,β-unsaturated/α-hetero) is 1. The number of rotatable bonds is 2. The van der Waals surface area contributed by atoms with Gasteiger partial charge in [0.05, 0.1) is 11.6 Å². The minimum Gasteiger partial charge on any atom is -0.294 e. The average molecular weight is 299 g/mol. The Hall–Kier alpha value is -0.890. The molecule has 0 spiro atoms. The van der Waals surface area contributed by atoms with Crippen molar-refractivity contribution in [3.8, 4) is 6.07 Å². The van der Waals surface area contributed by atoms with E-state index < -0.39 is 0 Å². The first kappa shape index (κ1) is 11.2. The lowest BCUT2D eigenvalue weighted by atomic mass is 10.0. The largest absolute Gasteiger partial charge is 0.294 e. The summed E-state index contributed by atoms with van der Waals surface area (Å²) in [4.78, 5) is 11.3. The van der Waals surface area contributed by atoms with Crippen LogP contribution < -0.4 is 0 Å². The van der Waals surface area contributed by atoms with Crippen molar-refractivity contribution >= 4 is 28.4 Å². The number of carbonyl (C=O) groups excluding carboxylic acids is 1. The summed E-state index contributed by atoms with van der Waals surface area (Å²) in [6, 6.07) is 5.57. The standard InChI is InChI=1S/C11H10INO/c1-3-9-4-8(6-13)5-10(7(2)14)11(9)12/h4-5H,3H2,1-2H3. The van der Waals surface area contributed by atoms with Gasteiger partial charge in [-0.2, -0.15) is 5.26 Å². The van der Waals surface area contributed by atoms with Crippen LogP contribution in [0.25, 0.3) is 0 Å². The molecule has 0 saturated carbocycles. The fourth-order valence-corrected chi connectivity index (χ4v) is 2.34. The highest BCUT2D eigenvalue weighted by molar-refractivity contribution is 14.1. The fraction of sp³-hybridized carbons (Fsp3) is 0.273. The molecule has 3 heteroatoms. The third-order valence-corrected chi connectivity index (χ3v) is 3.31. The van der Waals surface area contributed by atoms with E-state index in [0.29, 0.717) is 11.1 Å². The maximum Gasteiger partial charge on any atom is 0.160 e. The molecular weight excluding hydrogens is 289 g/mol. The van der Waals surface area contributed by atoms with Gasteiger partial charge >= 0.3 is 0 Å². The van der Waals surface area contributed by atoms with Crippen LogP contribution in [0.5, 0.6) is 0 Å². The van der Waals surface area contributed by atoms with Crippen molar-refractivity contribution in [2.45, 2.75) is 20.3 Å². The van der Waals surface area contributed by atoms with Gasteiger partial charge in [0.25, 0.3) is 0 Å². The van der Waals surface area contributed by atoms with E-state index in [4.69, 9.17) is 5.26 Å². The molecule has 0 radical (unpaired) electrons. The summed E-state index contributed by atoms with van der Waals surface area (Å²) < 4.78 is 0.969. The van der Waals surface area contributed by atoms with Gasteiger partial charge in [-0.3, -0.25) is 4.79 Å². The molecule has 1 aromatic rings. The summed E-state index contributed by atoms with van der Waals surface area (Å²) >= 11 is 2.16. The second kappa shape index (κ2) is 4.56. The number of benzene rings is 1. The van der Waals surface area contributed by atoms with Gasteiger partial charge in [-0.05, 0) is 53.6 Å². The Labute approximate surface area is 97.1 Å². The van der Waals surface area contributed by atoms with Crippen LogP contribution in [-0.2, 0) is 6.42 Å². The quantitative estimate of drug-likeness (QED) is 0.622. The normalized spacial score (nSPS) is 9.57. The number of aryl methyl sites for hydroxylation is 1. The molecule has 0 aromatic heterocycles. The minimum atomic E-state index is 0.0150. The van der Waals surface area contributed by atoms with Gasteiger partial charge in [-0.1, -0.05) is 6.92 Å². The van der Waals surface area contributed by atoms with Crippen molar-refractivity contribution in [3.05, 3.63) is 32.4 Å². The van der Waals surface area contributed by atoms with Crippen molar-refractivity contribution in [2.75, 3.05) is 0 Å². The van der Waals surface area contributed by atoms with E-state index in [0.717, 1.165) is 15.6 Å². The first-order valence-electron chi connectivity index (χ1n) is 4.33. The molecule has 14 heavy (non-hydrogen) atoms. The highest BCUT2D eigenvalue weighted by Crippen LogP contribution is 2.20. The van der Waals surface area contributed by atoms with Crippen LogP contribution in [0.4, 0.5) is 0 Å². The highest BCUT2D eigenvalue weighted by Gasteiger charge is 2.10. The van der Waals surface area contributed by atoms with E-state index in [1.165, 1.54) is 6.92 Å². The summed E-state index contributed by atoms with van der Waals surface area (Å²) in [6.07, 6.45) is 0.841. The zero-order valence-electron chi connectivity index (χ0n) is 8.10. The average Bonchev–Trinajstić information content (AvgIpc) is 2.17. The number of ketones is 1. The van der Waals surface area contributed by atoms with Crippen LogP contribution in [0.15, 0.2) is 12.1 Å². The Morgan fingerprint density at radius 1 is 1.57 bits per heavy atom. The maximum atomic E-state index is 11.3. The molecule has 0 amide bonds. The molecule has 1 rings (SSSR count). The van der Waals surface area contributed by atoms with Crippen molar-refractivity contribution in [3.63, 3.8) is 0 Å². The lowest BCUT2D eigenvalue weighted by Crippen LogP contribution is -2.01. The van der Waals surface area contributed by atoms with Gasteiger partial charge in [0.1, 0.15) is 0 Å². The molecular formula is C11H10INO. The van der Waals surface area contributed by atoms with Crippen LogP contribution in [0.2, 0.25) is 0 Å². The Morgan fingerprint density at radius 2 is 2.21 bits per heavy atom. The van der Waals surface area contributed by atoms with Gasteiger partial charge in [0.15, 0.2) is 5.78 Å². The van der Waals surface area contributed by atoms with E-state index in [2.05, 4.69) is 28.7 Å². The lowest BCUT2D eigenvalue weighted by Gasteiger charge is -2.06. The molecule has 0 bridgehead atoms. The van der Waals surface area contributed by atoms with Crippen molar-refractivity contribution in [2.24, 2.45) is 0 Å². The van der Waals surface area contributed by atoms with Crippen LogP contribution in [-0.4, -0.2) is 5.78 Å². The summed E-state index contributed by atoms with van der Waals surface area (Å²) in [6.45, 7) is 3.54. The summed E-state index contributed by atoms with van der Waals surface area (Å²) in [5, 5.41) is 8.79. The Morgan fingerprint density at radius 3 is 2.64 bits per heavy atom. The number of hydrogen-bond donors (Lipinski definition) is 0. The first-order chi connectivity index (χ1) is 6.60. The third kappa shape index (κ3) is 2.13. The van der Waals surface area contributed by atoms with Crippen LogP contribution >= 0.6 is 22.6 Å². The van der Waals surface area contributed by atoms with Crippen LogP contribution in [0.3, 0.4) is 0 Å². The number of hydrogen-bond acceptors (Lipinski definition) is 2. The van der Waals surface area contributed by atoms with E-state index in [1.807, 2.05) is 13.0 Å². The lowest BCUT2D eigenvalue weighted by molar-refractivity contribution is 0.101. The van der Waals surface area contributed by atoms with Crippen molar-refractivity contribution < 1.29 is 4.79 Å². The highest BCUT2D eigenvalue weighted by atomic mass is 127. The fourth-order valence-electron chi connectivity index (χ4n) is 1.26. The van der Waals surface area contributed by atoms with E-state index in [1.54, 1.807) is 6.07 Å². The minimum absolute atomic E-state index is 0.0150. The molecule has 1 aromatic carbocycles. The molecule has 0 aliphatic heterocycles. The van der Waals surface area contributed by atoms with E-state index >= 15 is 0 Å². The summed E-state index contributed by atoms with van der Waals surface area (Å²) in [7, 11) is 0. The molecule has 72 valence electrons. The van der Waals surface area contributed by atoms with Gasteiger partial charge in [-0.25, -0.2) is 0 Å². The molecule has 0 saturated heterocycles. The van der Waals surface area contributed by atoms with Crippen LogP contribution in [0, 0.1) is 14.9 Å². The molecule has 0 unspecified atom stereocenters. The number of nitrogens with zero attached hydrogens (tertiary/aromatic N) is 1. The third-order valence-electron chi connectivity index (χ3n) is 2.04. The molecule has 0 heterocycles. The van der Waals surface area contributed by atoms with Gasteiger partial charge in [0.2, 0.25) is 0 Å². The second-order valence-corrected chi connectivity index (χ2v) is 4.10. The van der Waals surface area contributed by atoms with Gasteiger partial charge in [0, 0.05) is 9.13 Å². The Kier molecular flexibility index (Phi) is 3.64. The smallest absolute Gasteiger partial charge is 0.160 e. The van der Waals surface area contributed by atoms with Crippen molar-refractivity contribution in [1.82, 2.24) is 0 Å². The molecule has 0 N–H and O–H groups in total. The zero-order chi connectivity index (χ0) is 10.7. The number of halogens is 1. The Balaban J connectivity index is 3.44. The predicted octanol–water partition coefficient (Wildman–Crippen LogP) is 2.93.